The normalized spacial score (nSPS) is 10.4. The fourth-order valence-corrected chi connectivity index (χ4v) is 1.99. The molecule has 1 aromatic heterocycles. The summed E-state index contributed by atoms with van der Waals surface area (Å²) < 4.78 is 0. The Bertz CT molecular complexity index is 604. The fraction of sp³-hybridized carbons (Fsp3) is 0.286. The Kier molecular flexibility index (Phi) is 3.85. The second-order valence-electron chi connectivity index (χ2n) is 4.13. The van der Waals surface area contributed by atoms with Crippen LogP contribution in [0, 0.1) is 0 Å². The predicted molar refractivity (Wildman–Crippen MR) is 75.5 cm³/mol. The number of nitrogens with one attached hydrogen (secondary N) is 1. The van der Waals surface area contributed by atoms with Gasteiger partial charge in [-0.15, -0.1) is 0 Å². The van der Waals surface area contributed by atoms with E-state index in [0.29, 0.717) is 24.6 Å². The lowest BCUT2D eigenvalue weighted by Crippen LogP contribution is -2.27. The predicted octanol–water partition coefficient (Wildman–Crippen LogP) is 1.99. The Morgan fingerprint density at radius 2 is 1.84 bits per heavy atom. The average Bonchev–Trinajstić information content (AvgIpc) is 2.40. The number of anilines is 1. The zero-order valence-corrected chi connectivity index (χ0v) is 11.1. The lowest BCUT2D eigenvalue weighted by atomic mass is 10.1. The molecule has 0 aliphatic rings. The maximum atomic E-state index is 12.1. The molecular weight excluding hydrogens is 242 g/mol. The van der Waals surface area contributed by atoms with Crippen LogP contribution in [-0.4, -0.2) is 28.2 Å². The van der Waals surface area contributed by atoms with Crippen LogP contribution in [0.15, 0.2) is 35.1 Å². The summed E-state index contributed by atoms with van der Waals surface area (Å²) in [6.45, 7) is 5.35. The summed E-state index contributed by atoms with van der Waals surface area (Å²) in [5.41, 5.74) is 0.525. The van der Waals surface area contributed by atoms with Gasteiger partial charge < -0.3 is 10.0 Å². The van der Waals surface area contributed by atoms with Gasteiger partial charge in [0.15, 0.2) is 0 Å². The summed E-state index contributed by atoms with van der Waals surface area (Å²) in [7, 11) is 0. The topological polar surface area (TPSA) is 69.2 Å². The van der Waals surface area contributed by atoms with Crippen molar-refractivity contribution in [1.82, 2.24) is 9.97 Å². The monoisotopic (exact) mass is 259 g/mol. The molecule has 19 heavy (non-hydrogen) atoms. The number of aromatic amines is 1. The lowest BCUT2D eigenvalue weighted by molar-refractivity contribution is 0.453. The van der Waals surface area contributed by atoms with Crippen molar-refractivity contribution in [3.05, 3.63) is 40.7 Å². The third kappa shape index (κ3) is 2.59. The minimum atomic E-state index is -0.333. The number of aromatic hydroxyl groups is 1. The Balaban J connectivity index is 2.53. The first-order valence-corrected chi connectivity index (χ1v) is 6.31. The largest absolute Gasteiger partial charge is 0.493 e. The molecule has 0 bridgehead atoms. The van der Waals surface area contributed by atoms with Crippen molar-refractivity contribution < 1.29 is 5.11 Å². The van der Waals surface area contributed by atoms with Crippen LogP contribution in [0.2, 0.25) is 0 Å². The molecule has 100 valence electrons. The van der Waals surface area contributed by atoms with Crippen molar-refractivity contribution in [2.45, 2.75) is 13.8 Å². The van der Waals surface area contributed by atoms with E-state index in [1.54, 1.807) is 12.1 Å². The molecule has 1 aromatic carbocycles. The van der Waals surface area contributed by atoms with Crippen molar-refractivity contribution in [1.29, 1.82) is 0 Å². The summed E-state index contributed by atoms with van der Waals surface area (Å²) in [5, 5.41) is 10.0. The molecule has 0 amide bonds. The van der Waals surface area contributed by atoms with Gasteiger partial charge in [0, 0.05) is 13.1 Å². The van der Waals surface area contributed by atoms with Gasteiger partial charge in [0.2, 0.25) is 11.8 Å². The summed E-state index contributed by atoms with van der Waals surface area (Å²) in [5.74, 6) is 0.157. The van der Waals surface area contributed by atoms with Crippen LogP contribution >= 0.6 is 0 Å². The minimum Gasteiger partial charge on any atom is -0.493 e. The van der Waals surface area contributed by atoms with Crippen molar-refractivity contribution in [3.63, 3.8) is 0 Å². The molecule has 0 aliphatic carbocycles. The van der Waals surface area contributed by atoms with Crippen LogP contribution in [0.25, 0.3) is 11.1 Å². The van der Waals surface area contributed by atoms with E-state index in [1.165, 1.54) is 0 Å². The highest BCUT2D eigenvalue weighted by Gasteiger charge is 2.14. The molecule has 2 rings (SSSR count). The van der Waals surface area contributed by atoms with Gasteiger partial charge in [0.1, 0.15) is 5.56 Å². The molecule has 5 nitrogen and oxygen atoms in total. The van der Waals surface area contributed by atoms with Gasteiger partial charge in [-0.05, 0) is 19.4 Å². The Hall–Kier alpha value is -2.30. The second kappa shape index (κ2) is 5.56. The molecule has 0 saturated carbocycles. The number of nitrogens with zero attached hydrogens (tertiary/aromatic N) is 2. The molecule has 0 fully saturated rings. The van der Waals surface area contributed by atoms with E-state index in [9.17, 15) is 9.90 Å². The van der Waals surface area contributed by atoms with Crippen molar-refractivity contribution in [2.75, 3.05) is 18.0 Å². The van der Waals surface area contributed by atoms with Gasteiger partial charge >= 0.3 is 0 Å². The lowest BCUT2D eigenvalue weighted by Gasteiger charge is -2.19. The molecule has 0 spiro atoms. The van der Waals surface area contributed by atoms with Crippen molar-refractivity contribution in [2.24, 2.45) is 0 Å². The molecule has 0 radical (unpaired) electrons. The smallest absolute Gasteiger partial charge is 0.264 e. The van der Waals surface area contributed by atoms with Crippen molar-refractivity contribution in [3.8, 4) is 17.0 Å². The molecule has 0 saturated heterocycles. The quantitative estimate of drug-likeness (QED) is 0.881. The van der Waals surface area contributed by atoms with Crippen molar-refractivity contribution >= 4 is 5.95 Å². The minimum absolute atomic E-state index is 0.205. The number of benzene rings is 1. The average molecular weight is 259 g/mol. The molecule has 1 heterocycles. The van der Waals surface area contributed by atoms with Gasteiger partial charge in [0.25, 0.3) is 5.56 Å². The second-order valence-corrected chi connectivity index (χ2v) is 4.13. The zero-order valence-electron chi connectivity index (χ0n) is 11.1. The molecule has 2 N–H and O–H groups in total. The molecule has 0 atom stereocenters. The summed E-state index contributed by atoms with van der Waals surface area (Å²) in [6, 6.07) is 9.01. The molecule has 0 unspecified atom stereocenters. The van der Waals surface area contributed by atoms with Crippen LogP contribution in [0.4, 0.5) is 5.95 Å². The number of hydrogen-bond donors (Lipinski definition) is 2. The first-order valence-electron chi connectivity index (χ1n) is 6.31. The van der Waals surface area contributed by atoms with Gasteiger partial charge in [-0.1, -0.05) is 30.3 Å². The van der Waals surface area contributed by atoms with E-state index in [0.717, 1.165) is 0 Å². The highest BCUT2D eigenvalue weighted by atomic mass is 16.3. The highest BCUT2D eigenvalue weighted by Crippen LogP contribution is 2.24. The zero-order chi connectivity index (χ0) is 13.8. The molecule has 2 aromatic rings. The fourth-order valence-electron chi connectivity index (χ4n) is 1.99. The summed E-state index contributed by atoms with van der Waals surface area (Å²) in [6.07, 6.45) is 0. The van der Waals surface area contributed by atoms with E-state index >= 15 is 0 Å². The maximum absolute atomic E-state index is 12.1. The Labute approximate surface area is 111 Å². The molecule has 0 aliphatic heterocycles. The van der Waals surface area contributed by atoms with Crippen LogP contribution in [0.5, 0.6) is 5.88 Å². The Morgan fingerprint density at radius 3 is 2.37 bits per heavy atom. The molecule has 5 heteroatoms. The number of H-pyrrole nitrogens is 1. The van der Waals surface area contributed by atoms with E-state index in [1.807, 2.05) is 36.9 Å². The third-order valence-corrected chi connectivity index (χ3v) is 3.01. The van der Waals surface area contributed by atoms with Crippen LogP contribution in [-0.2, 0) is 0 Å². The first-order chi connectivity index (χ1) is 9.17. The van der Waals surface area contributed by atoms with Crippen LogP contribution in [0.3, 0.4) is 0 Å². The van der Waals surface area contributed by atoms with Gasteiger partial charge in [-0.3, -0.25) is 9.78 Å². The molecular formula is C14H17N3O2. The van der Waals surface area contributed by atoms with E-state index < -0.39 is 0 Å². The Morgan fingerprint density at radius 1 is 1.21 bits per heavy atom. The number of aromatic nitrogens is 2. The van der Waals surface area contributed by atoms with Crippen LogP contribution in [0.1, 0.15) is 13.8 Å². The third-order valence-electron chi connectivity index (χ3n) is 3.01. The summed E-state index contributed by atoms with van der Waals surface area (Å²) in [4.78, 5) is 20.8. The summed E-state index contributed by atoms with van der Waals surface area (Å²) >= 11 is 0. The SMILES string of the molecule is CCN(CC)c1nc(O)c(-c2ccccc2)c(=O)[nH]1. The first kappa shape index (κ1) is 13.1. The van der Waals surface area contributed by atoms with E-state index in [2.05, 4.69) is 9.97 Å². The standard InChI is InChI=1S/C14H17N3O2/c1-3-17(4-2)14-15-12(18)11(13(19)16-14)10-8-6-5-7-9-10/h5-9H,3-4H2,1-2H3,(H2,15,16,18,19). The number of rotatable bonds is 4. The van der Waals surface area contributed by atoms with Gasteiger partial charge in [0.05, 0.1) is 0 Å². The van der Waals surface area contributed by atoms with Gasteiger partial charge in [-0.2, -0.15) is 4.98 Å². The van der Waals surface area contributed by atoms with E-state index in [4.69, 9.17) is 0 Å². The van der Waals surface area contributed by atoms with Crippen LogP contribution < -0.4 is 10.5 Å². The maximum Gasteiger partial charge on any atom is 0.264 e. The highest BCUT2D eigenvalue weighted by molar-refractivity contribution is 5.67. The van der Waals surface area contributed by atoms with Gasteiger partial charge in [-0.25, -0.2) is 0 Å². The number of hydrogen-bond acceptors (Lipinski definition) is 4. The van der Waals surface area contributed by atoms with E-state index in [-0.39, 0.29) is 17.0 Å².